The third-order valence-corrected chi connectivity index (χ3v) is 5.54. The molecule has 0 atom stereocenters. The summed E-state index contributed by atoms with van der Waals surface area (Å²) >= 11 is 2.61. The number of benzene rings is 2. The number of carbonyl (C=O) groups excluding carboxylic acids is 1. The molecule has 0 aliphatic rings. The largest absolute Gasteiger partial charge is 0.341 e. The highest BCUT2D eigenvalue weighted by Crippen LogP contribution is 2.27. The fourth-order valence-electron chi connectivity index (χ4n) is 2.16. The van der Waals surface area contributed by atoms with E-state index in [4.69, 9.17) is 0 Å². The molecule has 0 aliphatic carbocycles. The van der Waals surface area contributed by atoms with Crippen LogP contribution in [0.2, 0.25) is 0 Å². The van der Waals surface area contributed by atoms with Gasteiger partial charge in [0, 0.05) is 19.3 Å². The lowest BCUT2D eigenvalue weighted by Gasteiger charge is -2.16. The van der Waals surface area contributed by atoms with E-state index in [0.717, 1.165) is 5.56 Å². The molecule has 0 spiro atoms. The van der Waals surface area contributed by atoms with Crippen LogP contribution in [0.4, 0.5) is 19.6 Å². The normalized spacial score (nSPS) is 10.6. The van der Waals surface area contributed by atoms with Crippen molar-refractivity contribution in [3.05, 3.63) is 65.7 Å². The molecule has 3 rings (SSSR count). The Hall–Kier alpha value is -2.52. The second-order valence-corrected chi connectivity index (χ2v) is 7.87. The molecule has 0 radical (unpaired) electrons. The lowest BCUT2D eigenvalue weighted by Crippen LogP contribution is -2.27. The molecule has 0 unspecified atom stereocenters. The van der Waals surface area contributed by atoms with E-state index in [0.29, 0.717) is 21.7 Å². The second kappa shape index (κ2) is 8.92. The number of nitrogens with zero attached hydrogens (tertiary/aromatic N) is 3. The molecule has 0 fully saturated rings. The number of thioether (sulfide) groups is 1. The number of aromatic nitrogens is 2. The molecule has 5 nitrogen and oxygen atoms in total. The van der Waals surface area contributed by atoms with Crippen molar-refractivity contribution in [1.82, 2.24) is 15.1 Å². The van der Waals surface area contributed by atoms with Crippen molar-refractivity contribution in [2.45, 2.75) is 10.9 Å². The van der Waals surface area contributed by atoms with Crippen LogP contribution >= 0.6 is 23.1 Å². The van der Waals surface area contributed by atoms with E-state index in [1.165, 1.54) is 47.4 Å². The molecule has 3 aromatic rings. The SMILES string of the molecule is CN(Cc1ccc(F)cc1)C(=O)CSc1nnc(Nc2ccc(F)cc2)s1. The van der Waals surface area contributed by atoms with Crippen LogP contribution in [-0.2, 0) is 11.3 Å². The summed E-state index contributed by atoms with van der Waals surface area (Å²) in [5, 5.41) is 11.7. The molecule has 0 saturated heterocycles. The van der Waals surface area contributed by atoms with Gasteiger partial charge in [-0.1, -0.05) is 35.2 Å². The van der Waals surface area contributed by atoms with Gasteiger partial charge in [-0.05, 0) is 42.0 Å². The van der Waals surface area contributed by atoms with Crippen molar-refractivity contribution in [3.63, 3.8) is 0 Å². The minimum Gasteiger partial charge on any atom is -0.341 e. The number of halogens is 2. The summed E-state index contributed by atoms with van der Waals surface area (Å²) in [4.78, 5) is 13.8. The lowest BCUT2D eigenvalue weighted by atomic mass is 10.2. The zero-order chi connectivity index (χ0) is 19.2. The maximum absolute atomic E-state index is 12.9. The standard InChI is InChI=1S/C18H16F2N4OS2/c1-24(10-12-2-4-13(19)5-3-12)16(25)11-26-18-23-22-17(27-18)21-15-8-6-14(20)7-9-15/h2-9H,10-11H2,1H3,(H,21,22). The summed E-state index contributed by atoms with van der Waals surface area (Å²) in [6.07, 6.45) is 0. The number of hydrogen-bond acceptors (Lipinski definition) is 6. The molecule has 1 aromatic heterocycles. The summed E-state index contributed by atoms with van der Waals surface area (Å²) in [6, 6.07) is 12.0. The molecule has 1 amide bonds. The van der Waals surface area contributed by atoms with Gasteiger partial charge in [-0.15, -0.1) is 10.2 Å². The molecular formula is C18H16F2N4OS2. The first-order valence-corrected chi connectivity index (χ1v) is 9.77. The Morgan fingerprint density at radius 2 is 1.70 bits per heavy atom. The van der Waals surface area contributed by atoms with Crippen molar-refractivity contribution in [1.29, 1.82) is 0 Å². The van der Waals surface area contributed by atoms with Crippen molar-refractivity contribution in [2.24, 2.45) is 0 Å². The van der Waals surface area contributed by atoms with Gasteiger partial charge in [-0.3, -0.25) is 4.79 Å². The predicted octanol–water partition coefficient (Wildman–Crippen LogP) is 4.31. The van der Waals surface area contributed by atoms with Crippen molar-refractivity contribution >= 4 is 39.8 Å². The third kappa shape index (κ3) is 5.73. The molecule has 0 bridgehead atoms. The van der Waals surface area contributed by atoms with Crippen LogP contribution in [0.25, 0.3) is 0 Å². The van der Waals surface area contributed by atoms with E-state index in [1.807, 2.05) is 0 Å². The minimum absolute atomic E-state index is 0.0624. The van der Waals surface area contributed by atoms with Gasteiger partial charge in [0.15, 0.2) is 4.34 Å². The van der Waals surface area contributed by atoms with Gasteiger partial charge in [0.1, 0.15) is 11.6 Å². The highest BCUT2D eigenvalue weighted by molar-refractivity contribution is 8.01. The van der Waals surface area contributed by atoms with Gasteiger partial charge in [0.2, 0.25) is 11.0 Å². The lowest BCUT2D eigenvalue weighted by molar-refractivity contribution is -0.127. The Balaban J connectivity index is 1.49. The smallest absolute Gasteiger partial charge is 0.233 e. The average Bonchev–Trinajstić information content (AvgIpc) is 3.11. The summed E-state index contributed by atoms with van der Waals surface area (Å²) in [5.41, 5.74) is 1.57. The summed E-state index contributed by atoms with van der Waals surface area (Å²) in [5.74, 6) is -0.447. The van der Waals surface area contributed by atoms with Crippen LogP contribution in [0.1, 0.15) is 5.56 Å². The van der Waals surface area contributed by atoms with E-state index >= 15 is 0 Å². The Kier molecular flexibility index (Phi) is 6.36. The highest BCUT2D eigenvalue weighted by atomic mass is 32.2. The Bertz CT molecular complexity index is 900. The molecule has 0 saturated carbocycles. The summed E-state index contributed by atoms with van der Waals surface area (Å²) < 4.78 is 26.5. The van der Waals surface area contributed by atoms with Gasteiger partial charge >= 0.3 is 0 Å². The second-order valence-electron chi connectivity index (χ2n) is 5.67. The number of amides is 1. The summed E-state index contributed by atoms with van der Waals surface area (Å²) in [7, 11) is 1.70. The Morgan fingerprint density at radius 3 is 2.37 bits per heavy atom. The van der Waals surface area contributed by atoms with E-state index in [-0.39, 0.29) is 23.3 Å². The summed E-state index contributed by atoms with van der Waals surface area (Å²) in [6.45, 7) is 0.410. The van der Waals surface area contributed by atoms with Gasteiger partial charge in [-0.2, -0.15) is 0 Å². The first-order valence-electron chi connectivity index (χ1n) is 7.97. The number of hydrogen-bond donors (Lipinski definition) is 1. The van der Waals surface area contributed by atoms with Gasteiger partial charge in [0.05, 0.1) is 5.75 Å². The molecule has 1 heterocycles. The maximum atomic E-state index is 12.9. The first kappa shape index (κ1) is 19.2. The zero-order valence-electron chi connectivity index (χ0n) is 14.4. The molecule has 2 aromatic carbocycles. The topological polar surface area (TPSA) is 58.1 Å². The monoisotopic (exact) mass is 406 g/mol. The zero-order valence-corrected chi connectivity index (χ0v) is 16.0. The van der Waals surface area contributed by atoms with Crippen LogP contribution in [0, 0.1) is 11.6 Å². The fraction of sp³-hybridized carbons (Fsp3) is 0.167. The van der Waals surface area contributed by atoms with Crippen LogP contribution in [-0.4, -0.2) is 33.8 Å². The van der Waals surface area contributed by atoms with Crippen molar-refractivity contribution < 1.29 is 13.6 Å². The van der Waals surface area contributed by atoms with Crippen LogP contribution in [0.5, 0.6) is 0 Å². The van der Waals surface area contributed by atoms with Crippen LogP contribution < -0.4 is 5.32 Å². The van der Waals surface area contributed by atoms with Crippen LogP contribution in [0.3, 0.4) is 0 Å². The molecule has 0 aliphatic heterocycles. The number of nitrogens with one attached hydrogen (secondary N) is 1. The third-order valence-electron chi connectivity index (χ3n) is 3.58. The quantitative estimate of drug-likeness (QED) is 0.593. The fourth-order valence-corrected chi connectivity index (χ4v) is 3.87. The van der Waals surface area contributed by atoms with Gasteiger partial charge in [0.25, 0.3) is 0 Å². The maximum Gasteiger partial charge on any atom is 0.233 e. The van der Waals surface area contributed by atoms with E-state index < -0.39 is 0 Å². The minimum atomic E-state index is -0.308. The highest BCUT2D eigenvalue weighted by Gasteiger charge is 2.12. The average molecular weight is 406 g/mol. The number of rotatable bonds is 7. The number of anilines is 2. The van der Waals surface area contributed by atoms with Crippen molar-refractivity contribution in [2.75, 3.05) is 18.1 Å². The van der Waals surface area contributed by atoms with Crippen LogP contribution in [0.15, 0.2) is 52.9 Å². The molecule has 140 valence electrons. The predicted molar refractivity (Wildman–Crippen MR) is 103 cm³/mol. The molecular weight excluding hydrogens is 390 g/mol. The van der Waals surface area contributed by atoms with E-state index in [1.54, 1.807) is 36.2 Å². The Morgan fingerprint density at radius 1 is 1.07 bits per heavy atom. The van der Waals surface area contributed by atoms with Gasteiger partial charge in [-0.25, -0.2) is 8.78 Å². The van der Waals surface area contributed by atoms with Gasteiger partial charge < -0.3 is 10.2 Å². The molecule has 9 heteroatoms. The van der Waals surface area contributed by atoms with E-state index in [2.05, 4.69) is 15.5 Å². The molecule has 27 heavy (non-hydrogen) atoms. The Labute approximate surface area is 163 Å². The van der Waals surface area contributed by atoms with E-state index in [9.17, 15) is 13.6 Å². The number of carbonyl (C=O) groups is 1. The molecule has 1 N–H and O–H groups in total. The first-order chi connectivity index (χ1) is 13.0. The van der Waals surface area contributed by atoms with Crippen molar-refractivity contribution in [3.8, 4) is 0 Å².